The van der Waals surface area contributed by atoms with Gasteiger partial charge in [-0.3, -0.25) is 57.5 Å². The third-order valence-electron chi connectivity index (χ3n) is 23.5. The lowest BCUT2D eigenvalue weighted by Gasteiger charge is -2.54. The molecule has 3 aliphatic carbocycles. The van der Waals surface area contributed by atoms with Crippen molar-refractivity contribution in [1.29, 1.82) is 0 Å². The number of rotatable bonds is 14. The first-order valence-corrected chi connectivity index (χ1v) is 37.9. The first kappa shape index (κ1) is 86.9. The molecule has 5 fully saturated rings. The van der Waals surface area contributed by atoms with E-state index in [4.69, 9.17) is 4.74 Å². The summed E-state index contributed by atoms with van der Waals surface area (Å²) in [5.41, 5.74) is -2.20. The Morgan fingerprint density at radius 1 is 0.676 bits per heavy atom. The number of nitrogens with zero attached hydrogens (tertiary/aromatic N) is 9. The zero-order valence-corrected chi connectivity index (χ0v) is 65.2. The first-order chi connectivity index (χ1) is 49.0. The monoisotopic (exact) mass is 1490 g/mol. The van der Waals surface area contributed by atoms with Gasteiger partial charge < -0.3 is 64.8 Å². The molecule has 12 amide bonds. The van der Waals surface area contributed by atoms with Crippen molar-refractivity contribution in [2.75, 3.05) is 89.7 Å². The molecular weight excluding hydrogens is 1370 g/mol. The van der Waals surface area contributed by atoms with Crippen molar-refractivity contribution in [1.82, 2.24) is 60.0 Å². The number of hydrogen-bond donors (Lipinski definition) is 3. The van der Waals surface area contributed by atoms with Crippen molar-refractivity contribution in [2.24, 2.45) is 40.9 Å². The fourth-order valence-electron chi connectivity index (χ4n) is 17.0. The van der Waals surface area contributed by atoms with Gasteiger partial charge in [0.05, 0.1) is 31.5 Å². The van der Waals surface area contributed by atoms with Crippen LogP contribution in [0.2, 0.25) is 0 Å². The van der Waals surface area contributed by atoms with Gasteiger partial charge in [0.25, 0.3) is 0 Å². The van der Waals surface area contributed by atoms with E-state index in [0.29, 0.717) is 25.7 Å². The summed E-state index contributed by atoms with van der Waals surface area (Å²) in [5.74, 6) is -15.6. The van der Waals surface area contributed by atoms with Gasteiger partial charge in [-0.1, -0.05) is 93.2 Å². The van der Waals surface area contributed by atoms with E-state index in [1.54, 1.807) is 32.9 Å². The van der Waals surface area contributed by atoms with Crippen LogP contribution in [0.5, 0.6) is 0 Å². The third-order valence-corrected chi connectivity index (χ3v) is 23.5. The Morgan fingerprint density at radius 2 is 1.30 bits per heavy atom. The summed E-state index contributed by atoms with van der Waals surface area (Å²) < 4.78 is 77.8. The number of hydrogen-bond acceptors (Lipinski definition) is 13. The predicted octanol–water partition coefficient (Wildman–Crippen LogP) is 6.40. The lowest BCUT2D eigenvalue weighted by Crippen LogP contribution is -2.71. The molecule has 3 N–H and O–H groups in total. The van der Waals surface area contributed by atoms with E-state index in [1.165, 1.54) is 88.0 Å². The molecule has 3 saturated carbocycles. The second kappa shape index (κ2) is 36.7. The van der Waals surface area contributed by atoms with Gasteiger partial charge in [-0.15, -0.1) is 0 Å². The van der Waals surface area contributed by atoms with Gasteiger partial charge in [-0.05, 0) is 125 Å². The van der Waals surface area contributed by atoms with E-state index in [1.807, 2.05) is 34.6 Å². The number of fused-ring (bicyclic) bond motifs is 3. The molecule has 6 aliphatic rings. The molecule has 594 valence electrons. The second-order valence-corrected chi connectivity index (χ2v) is 32.2. The molecule has 30 heteroatoms. The molecule has 2 saturated heterocycles. The van der Waals surface area contributed by atoms with Crippen LogP contribution in [0.4, 0.5) is 22.0 Å². The lowest BCUT2D eigenvalue weighted by atomic mass is 9.58. The topological polar surface area (TPSA) is 279 Å². The highest BCUT2D eigenvalue weighted by atomic mass is 19.4. The Bertz CT molecular complexity index is 3130. The summed E-state index contributed by atoms with van der Waals surface area (Å²) in [6.45, 7) is 13.2. The summed E-state index contributed by atoms with van der Waals surface area (Å²) >= 11 is 0. The second-order valence-electron chi connectivity index (χ2n) is 32.2. The Labute approximate surface area is 617 Å². The number of alkyl halides is 5. The van der Waals surface area contributed by atoms with Crippen molar-refractivity contribution < 1.29 is 84.2 Å². The molecule has 3 unspecified atom stereocenters. The average Bonchev–Trinajstić information content (AvgIpc) is 1.21. The quantitative estimate of drug-likeness (QED) is 0.126. The standard InChI is InChI=1S/C75H121F5N12O13/c1-18-25-52-63(96)82-61(46(6)19-2)69(102)86(12)42-60(95)88(14)53-26-23-22-24-35-91(68(53)101)56(37-48-31-33-74(76,77)34-32-48)67(100)85(11)41-58(93)81-51(30-28-47-27-29-50(75(78,79)80)57(38-47)105-17)65(98)92-40-45(5)36-54(92)64(97)83-73(43-72(7,8)44-73)71(104)90(16)62(49(20-3)21-4)70(103)89(15)55(66(99)84(9)10)39-59(94)87(52)13/h22-23,45-57,61-62H,18-21,24-44H2,1-17H3,(H,81,93)(H,82,96)(H,83,97)/b23-22-/t45-,46-,47?,50?,51-,52-,53-,54-,55-,56-,57?,61-,62-/m0/s1. The van der Waals surface area contributed by atoms with Crippen LogP contribution < -0.4 is 16.0 Å². The summed E-state index contributed by atoms with van der Waals surface area (Å²) in [5, 5.41) is 8.73. The zero-order chi connectivity index (χ0) is 78.7. The fraction of sp³-hybridized carbons (Fsp3) is 0.813. The summed E-state index contributed by atoms with van der Waals surface area (Å²) in [4.78, 5) is 192. The molecule has 0 aromatic heterocycles. The summed E-state index contributed by atoms with van der Waals surface area (Å²) in [6.07, 6.45) is -2.10. The van der Waals surface area contributed by atoms with Crippen LogP contribution in [0.3, 0.4) is 0 Å². The van der Waals surface area contributed by atoms with Gasteiger partial charge in [-0.25, -0.2) is 8.78 Å². The van der Waals surface area contributed by atoms with Crippen LogP contribution in [0.15, 0.2) is 12.2 Å². The van der Waals surface area contributed by atoms with Crippen molar-refractivity contribution >= 4 is 70.9 Å². The molecule has 0 aromatic carbocycles. The van der Waals surface area contributed by atoms with Crippen molar-refractivity contribution in [2.45, 2.75) is 262 Å². The van der Waals surface area contributed by atoms with E-state index in [9.17, 15) is 50.7 Å². The maximum atomic E-state index is 15.7. The highest BCUT2D eigenvalue weighted by Gasteiger charge is 2.59. The van der Waals surface area contributed by atoms with Crippen LogP contribution in [-0.4, -0.2) is 277 Å². The van der Waals surface area contributed by atoms with E-state index in [-0.39, 0.29) is 109 Å². The van der Waals surface area contributed by atoms with E-state index >= 15 is 28.8 Å². The summed E-state index contributed by atoms with van der Waals surface area (Å²) in [6, 6.07) is -10.6. The van der Waals surface area contributed by atoms with E-state index in [2.05, 4.69) is 16.0 Å². The highest BCUT2D eigenvalue weighted by molar-refractivity contribution is 6.01. The van der Waals surface area contributed by atoms with Crippen LogP contribution in [0.1, 0.15) is 190 Å². The van der Waals surface area contributed by atoms with E-state index in [0.717, 1.165) is 19.6 Å². The van der Waals surface area contributed by atoms with Gasteiger partial charge in [-0.2, -0.15) is 13.2 Å². The highest BCUT2D eigenvalue weighted by Crippen LogP contribution is 2.50. The maximum absolute atomic E-state index is 15.7. The number of nitrogens with one attached hydrogen (secondary N) is 3. The van der Waals surface area contributed by atoms with Crippen LogP contribution in [-0.2, 0) is 62.3 Å². The summed E-state index contributed by atoms with van der Waals surface area (Å²) in [7, 11) is 12.4. The van der Waals surface area contributed by atoms with Crippen molar-refractivity contribution in [3.63, 3.8) is 0 Å². The smallest absolute Gasteiger partial charge is 0.381 e. The molecule has 105 heavy (non-hydrogen) atoms. The number of halogens is 5. The number of amides is 12. The molecule has 2 bridgehead atoms. The molecule has 0 aromatic rings. The Morgan fingerprint density at radius 3 is 1.88 bits per heavy atom. The molecular formula is C75H121F5N12O13. The number of carbonyl (C=O) groups is 12. The minimum Gasteiger partial charge on any atom is -0.381 e. The molecule has 3 heterocycles. The number of methoxy groups -OCH3 is 1. The Balaban J connectivity index is 1.48. The molecule has 0 radical (unpaired) electrons. The van der Waals surface area contributed by atoms with Gasteiger partial charge >= 0.3 is 6.18 Å². The fourth-order valence-corrected chi connectivity index (χ4v) is 17.0. The van der Waals surface area contributed by atoms with Gasteiger partial charge in [0.1, 0.15) is 53.9 Å². The van der Waals surface area contributed by atoms with Crippen LogP contribution in [0.25, 0.3) is 0 Å². The normalized spacial score (nSPS) is 30.5. The number of ether oxygens (including phenoxy) is 1. The minimum absolute atomic E-state index is 0.00176. The third kappa shape index (κ3) is 21.2. The van der Waals surface area contributed by atoms with E-state index < -0.39 is 210 Å². The van der Waals surface area contributed by atoms with Gasteiger partial charge in [0.15, 0.2) is 0 Å². The number of likely N-dealkylation sites (N-methyl/N-ethyl adjacent to an activating group) is 7. The largest absolute Gasteiger partial charge is 0.394 e. The minimum atomic E-state index is -4.54. The maximum Gasteiger partial charge on any atom is 0.394 e. The van der Waals surface area contributed by atoms with Gasteiger partial charge in [0, 0.05) is 89.4 Å². The number of carbonyl (C=O) groups excluding carboxylic acids is 12. The van der Waals surface area contributed by atoms with Crippen LogP contribution >= 0.6 is 0 Å². The molecule has 25 nitrogen and oxygen atoms in total. The molecule has 13 atom stereocenters. The zero-order valence-electron chi connectivity index (χ0n) is 65.2. The lowest BCUT2D eigenvalue weighted by molar-refractivity contribution is -0.215. The predicted molar refractivity (Wildman–Crippen MR) is 383 cm³/mol. The Hall–Kier alpha value is -7.01. The SMILES string of the molecule is CCC[C@H]1C(=O)N[C@@H]([C@@H](C)CC)C(=O)N(C)CC(=O)N(C)[C@H]2C/C=C\CCN(C2=O)[C@@H](CC2CCC(F)(F)CC2)C(=O)N(C)CC(=O)N[C@@H](CCC2CCC(C(F)(F)F)C(OC)C2)C(=O)N2C[C@@H](C)C[C@H]2C(=O)NC2(CC(C)(C)C2)C(=O)N(C)[C@@H](C(CC)CC)C(=O)N(C)[C@H](C(=O)N(C)C)CC(=O)N1C. The Kier molecular flexibility index (Phi) is 30.4. The average molecular weight is 1490 g/mol. The molecule has 1 spiro atoms. The van der Waals surface area contributed by atoms with Gasteiger partial charge in [0.2, 0.25) is 76.8 Å². The molecule has 6 rings (SSSR count). The first-order valence-electron chi connectivity index (χ1n) is 37.9. The van der Waals surface area contributed by atoms with Crippen molar-refractivity contribution in [3.8, 4) is 0 Å². The van der Waals surface area contributed by atoms with Crippen molar-refractivity contribution in [3.05, 3.63) is 12.2 Å². The molecule has 3 aliphatic heterocycles. The van der Waals surface area contributed by atoms with Crippen LogP contribution in [0, 0.1) is 40.9 Å².